The van der Waals surface area contributed by atoms with Gasteiger partial charge in [-0.25, -0.2) is 0 Å². The maximum Gasteiger partial charge on any atom is 0.175 e. The van der Waals surface area contributed by atoms with Gasteiger partial charge in [-0.15, -0.1) is 10.2 Å². The molecule has 2 heterocycles. The van der Waals surface area contributed by atoms with Gasteiger partial charge in [-0.05, 0) is 43.2 Å². The first-order chi connectivity index (χ1) is 9.60. The van der Waals surface area contributed by atoms with E-state index in [4.69, 9.17) is 16.3 Å². The predicted octanol–water partition coefficient (Wildman–Crippen LogP) is 3.68. The van der Waals surface area contributed by atoms with E-state index in [2.05, 4.69) is 10.2 Å². The molecule has 0 radical (unpaired) electrons. The van der Waals surface area contributed by atoms with Gasteiger partial charge < -0.3 is 4.74 Å². The monoisotopic (exact) mass is 287 g/mol. The van der Waals surface area contributed by atoms with E-state index in [0.29, 0.717) is 11.0 Å². The summed E-state index contributed by atoms with van der Waals surface area (Å²) in [4.78, 5) is 0. The maximum atomic E-state index is 6.10. The van der Waals surface area contributed by atoms with Gasteiger partial charge in [0.25, 0.3) is 0 Å². The molecule has 0 aliphatic carbocycles. The molecule has 0 fully saturated rings. The highest BCUT2D eigenvalue weighted by Gasteiger charge is 2.14. The van der Waals surface area contributed by atoms with Crippen molar-refractivity contribution in [3.05, 3.63) is 46.7 Å². The Morgan fingerprint density at radius 3 is 2.65 bits per heavy atom. The molecule has 0 atom stereocenters. The lowest BCUT2D eigenvalue weighted by Gasteiger charge is -2.10. The SMILES string of the molecule is COc1cc(C)ccc1-c1nnc(Cl)c2cc(C)cn12. The van der Waals surface area contributed by atoms with Crippen LogP contribution in [0, 0.1) is 13.8 Å². The fraction of sp³-hybridized carbons (Fsp3) is 0.200. The number of hydrogen-bond donors (Lipinski definition) is 0. The maximum absolute atomic E-state index is 6.10. The number of fused-ring (bicyclic) bond motifs is 1. The van der Waals surface area contributed by atoms with E-state index in [1.165, 1.54) is 0 Å². The molecule has 0 aliphatic heterocycles. The first-order valence-corrected chi connectivity index (χ1v) is 6.64. The number of hydrogen-bond acceptors (Lipinski definition) is 3. The van der Waals surface area contributed by atoms with E-state index in [9.17, 15) is 0 Å². The number of aromatic nitrogens is 3. The van der Waals surface area contributed by atoms with Gasteiger partial charge in [0.05, 0.1) is 18.2 Å². The van der Waals surface area contributed by atoms with Crippen LogP contribution in [-0.2, 0) is 0 Å². The van der Waals surface area contributed by atoms with Crippen LogP contribution in [0.2, 0.25) is 5.15 Å². The molecule has 0 saturated heterocycles. The molecule has 5 heteroatoms. The van der Waals surface area contributed by atoms with Crippen LogP contribution in [-0.4, -0.2) is 21.7 Å². The van der Waals surface area contributed by atoms with Gasteiger partial charge in [0.15, 0.2) is 11.0 Å². The summed E-state index contributed by atoms with van der Waals surface area (Å²) in [7, 11) is 1.65. The van der Waals surface area contributed by atoms with Crippen molar-refractivity contribution in [3.8, 4) is 17.1 Å². The second kappa shape index (κ2) is 4.80. The number of rotatable bonds is 2. The van der Waals surface area contributed by atoms with Crippen molar-refractivity contribution >= 4 is 17.1 Å². The lowest BCUT2D eigenvalue weighted by molar-refractivity contribution is 0.415. The largest absolute Gasteiger partial charge is 0.496 e. The molecular formula is C15H14ClN3O. The molecule has 0 bridgehead atoms. The zero-order valence-electron chi connectivity index (χ0n) is 11.5. The molecule has 4 nitrogen and oxygen atoms in total. The van der Waals surface area contributed by atoms with Crippen molar-refractivity contribution in [1.29, 1.82) is 0 Å². The zero-order valence-corrected chi connectivity index (χ0v) is 12.3. The summed E-state index contributed by atoms with van der Waals surface area (Å²) >= 11 is 6.10. The highest BCUT2D eigenvalue weighted by Crippen LogP contribution is 2.31. The topological polar surface area (TPSA) is 39.4 Å². The molecule has 0 N–H and O–H groups in total. The number of methoxy groups -OCH3 is 1. The summed E-state index contributed by atoms with van der Waals surface area (Å²) in [6, 6.07) is 7.98. The van der Waals surface area contributed by atoms with Gasteiger partial charge in [-0.1, -0.05) is 17.7 Å². The second-order valence-corrected chi connectivity index (χ2v) is 5.15. The summed E-state index contributed by atoms with van der Waals surface area (Å²) in [6.07, 6.45) is 1.99. The van der Waals surface area contributed by atoms with Gasteiger partial charge in [-0.3, -0.25) is 4.40 Å². The predicted molar refractivity (Wildman–Crippen MR) is 79.5 cm³/mol. The van der Waals surface area contributed by atoms with E-state index in [1.54, 1.807) is 7.11 Å². The van der Waals surface area contributed by atoms with Crippen LogP contribution in [0.5, 0.6) is 5.75 Å². The third-order valence-electron chi connectivity index (χ3n) is 3.23. The number of benzene rings is 1. The van der Waals surface area contributed by atoms with Gasteiger partial charge in [0.1, 0.15) is 5.75 Å². The second-order valence-electron chi connectivity index (χ2n) is 4.79. The number of ether oxygens (including phenoxy) is 1. The van der Waals surface area contributed by atoms with Crippen LogP contribution >= 0.6 is 11.6 Å². The number of aryl methyl sites for hydroxylation is 2. The summed E-state index contributed by atoms with van der Waals surface area (Å²) in [6.45, 7) is 4.04. The van der Waals surface area contributed by atoms with E-state index in [1.807, 2.05) is 48.7 Å². The van der Waals surface area contributed by atoms with Crippen LogP contribution in [0.25, 0.3) is 16.9 Å². The molecule has 3 rings (SSSR count). The van der Waals surface area contributed by atoms with Crippen molar-refractivity contribution in [3.63, 3.8) is 0 Å². The molecule has 1 aromatic carbocycles. The molecule has 0 saturated carbocycles. The van der Waals surface area contributed by atoms with Gasteiger partial charge in [-0.2, -0.15) is 0 Å². The van der Waals surface area contributed by atoms with Gasteiger partial charge in [0, 0.05) is 6.20 Å². The Kier molecular flexibility index (Phi) is 3.10. The number of nitrogens with zero attached hydrogens (tertiary/aromatic N) is 3. The van der Waals surface area contributed by atoms with Crippen molar-refractivity contribution in [2.75, 3.05) is 7.11 Å². The van der Waals surface area contributed by atoms with Crippen molar-refractivity contribution in [2.24, 2.45) is 0 Å². The summed E-state index contributed by atoms with van der Waals surface area (Å²) in [5, 5.41) is 8.66. The van der Waals surface area contributed by atoms with Crippen molar-refractivity contribution in [1.82, 2.24) is 14.6 Å². The molecule has 0 unspecified atom stereocenters. The average molecular weight is 288 g/mol. The third kappa shape index (κ3) is 2.02. The smallest absolute Gasteiger partial charge is 0.175 e. The lowest BCUT2D eigenvalue weighted by Crippen LogP contribution is -2.00. The molecule has 102 valence electrons. The summed E-state index contributed by atoms with van der Waals surface area (Å²) in [5.74, 6) is 1.49. The summed E-state index contributed by atoms with van der Waals surface area (Å²) in [5.41, 5.74) is 3.97. The van der Waals surface area contributed by atoms with Crippen LogP contribution in [0.3, 0.4) is 0 Å². The Hall–Kier alpha value is -2.07. The van der Waals surface area contributed by atoms with Crippen LogP contribution in [0.1, 0.15) is 11.1 Å². The highest BCUT2D eigenvalue weighted by atomic mass is 35.5. The van der Waals surface area contributed by atoms with Gasteiger partial charge in [0.2, 0.25) is 0 Å². The molecule has 2 aromatic heterocycles. The van der Waals surface area contributed by atoms with Crippen molar-refractivity contribution in [2.45, 2.75) is 13.8 Å². The highest BCUT2D eigenvalue weighted by molar-refractivity contribution is 6.32. The van der Waals surface area contributed by atoms with E-state index >= 15 is 0 Å². The molecule has 0 spiro atoms. The van der Waals surface area contributed by atoms with Crippen LogP contribution in [0.4, 0.5) is 0 Å². The van der Waals surface area contributed by atoms with Crippen LogP contribution in [0.15, 0.2) is 30.5 Å². The number of halogens is 1. The van der Waals surface area contributed by atoms with E-state index in [-0.39, 0.29) is 0 Å². The minimum atomic E-state index is 0.396. The standard InChI is InChI=1S/C15H14ClN3O/c1-9-4-5-11(13(7-9)20-3)15-18-17-14(16)12-6-10(2)8-19(12)15/h4-8H,1-3H3. The molecule has 3 aromatic rings. The Morgan fingerprint density at radius 2 is 1.90 bits per heavy atom. The van der Waals surface area contributed by atoms with Crippen molar-refractivity contribution < 1.29 is 4.74 Å². The minimum Gasteiger partial charge on any atom is -0.496 e. The molecule has 0 aliphatic rings. The zero-order chi connectivity index (χ0) is 14.3. The van der Waals surface area contributed by atoms with E-state index in [0.717, 1.165) is 28.0 Å². The Balaban J connectivity index is 2.32. The first-order valence-electron chi connectivity index (χ1n) is 6.26. The average Bonchev–Trinajstić information content (AvgIpc) is 2.82. The Labute approximate surface area is 122 Å². The van der Waals surface area contributed by atoms with Crippen LogP contribution < -0.4 is 4.74 Å². The van der Waals surface area contributed by atoms with Gasteiger partial charge >= 0.3 is 0 Å². The fourth-order valence-electron chi connectivity index (χ4n) is 2.29. The quantitative estimate of drug-likeness (QED) is 0.722. The minimum absolute atomic E-state index is 0.396. The lowest BCUT2D eigenvalue weighted by atomic mass is 10.1. The molecular weight excluding hydrogens is 274 g/mol. The third-order valence-corrected chi connectivity index (χ3v) is 3.50. The molecule has 20 heavy (non-hydrogen) atoms. The summed E-state index contributed by atoms with van der Waals surface area (Å²) < 4.78 is 7.39. The Bertz CT molecular complexity index is 795. The Morgan fingerprint density at radius 1 is 1.10 bits per heavy atom. The molecule has 0 amide bonds. The van der Waals surface area contributed by atoms with E-state index < -0.39 is 0 Å². The normalized spacial score (nSPS) is 11.0. The fourth-order valence-corrected chi connectivity index (χ4v) is 2.47. The first kappa shape index (κ1) is 12.9.